The summed E-state index contributed by atoms with van der Waals surface area (Å²) < 4.78 is 0. The number of carbonyl (C=O) groups excluding carboxylic acids is 1. The molecule has 0 saturated heterocycles. The molecule has 4 heteroatoms. The molecule has 1 amide bonds. The molecular formula is C17H19N3O. The third-order valence-corrected chi connectivity index (χ3v) is 3.62. The second-order valence-corrected chi connectivity index (χ2v) is 4.89. The molecule has 0 bridgehead atoms. The van der Waals surface area contributed by atoms with Gasteiger partial charge in [0.25, 0.3) is 5.91 Å². The molecule has 0 unspecified atom stereocenters. The van der Waals surface area contributed by atoms with E-state index in [0.29, 0.717) is 13.1 Å². The Morgan fingerprint density at radius 3 is 2.86 bits per heavy atom. The Labute approximate surface area is 125 Å². The third kappa shape index (κ3) is 3.38. The highest BCUT2D eigenvalue weighted by molar-refractivity contribution is 6.01. The fraction of sp³-hybridized carbons (Fsp3) is 0.353. The van der Waals surface area contributed by atoms with Crippen LogP contribution in [-0.4, -0.2) is 36.7 Å². The zero-order valence-electron chi connectivity index (χ0n) is 12.5. The summed E-state index contributed by atoms with van der Waals surface area (Å²) >= 11 is 0. The normalized spacial score (nSPS) is 13.5. The van der Waals surface area contributed by atoms with Gasteiger partial charge in [0.2, 0.25) is 0 Å². The van der Waals surface area contributed by atoms with Gasteiger partial charge in [-0.3, -0.25) is 9.79 Å². The van der Waals surface area contributed by atoms with Crippen LogP contribution in [0.4, 0.5) is 0 Å². The number of amides is 1. The highest BCUT2D eigenvalue weighted by atomic mass is 16.2. The van der Waals surface area contributed by atoms with E-state index in [2.05, 4.69) is 4.99 Å². The minimum absolute atomic E-state index is 0.173. The lowest BCUT2D eigenvalue weighted by Gasteiger charge is -2.17. The van der Waals surface area contributed by atoms with Crippen molar-refractivity contribution in [3.8, 4) is 6.07 Å². The van der Waals surface area contributed by atoms with Gasteiger partial charge in [0.15, 0.2) is 0 Å². The lowest BCUT2D eigenvalue weighted by atomic mass is 9.99. The number of benzene rings is 1. The molecule has 0 aliphatic carbocycles. The molecule has 0 aromatic heterocycles. The number of nitrogens with zero attached hydrogens (tertiary/aromatic N) is 3. The molecule has 108 valence electrons. The Morgan fingerprint density at radius 2 is 2.19 bits per heavy atom. The molecule has 0 saturated carbocycles. The molecular weight excluding hydrogens is 262 g/mol. The van der Waals surface area contributed by atoms with Crippen LogP contribution in [0.5, 0.6) is 0 Å². The molecule has 2 rings (SSSR count). The van der Waals surface area contributed by atoms with Crippen LogP contribution in [-0.2, 0) is 11.2 Å². The zero-order valence-corrected chi connectivity index (χ0v) is 12.5. The minimum Gasteiger partial charge on any atom is -0.339 e. The van der Waals surface area contributed by atoms with Crippen molar-refractivity contribution in [1.29, 1.82) is 5.26 Å². The topological polar surface area (TPSA) is 56.5 Å². The average molecular weight is 281 g/mol. The summed E-state index contributed by atoms with van der Waals surface area (Å²) in [6.07, 6.45) is 4.46. The van der Waals surface area contributed by atoms with Gasteiger partial charge in [0.05, 0.1) is 0 Å². The smallest absolute Gasteiger partial charge is 0.264 e. The van der Waals surface area contributed by atoms with Crippen molar-refractivity contribution in [2.45, 2.75) is 20.3 Å². The van der Waals surface area contributed by atoms with Crippen molar-refractivity contribution >= 4 is 18.2 Å². The molecule has 0 atom stereocenters. The van der Waals surface area contributed by atoms with Crippen LogP contribution in [0.3, 0.4) is 0 Å². The van der Waals surface area contributed by atoms with Crippen molar-refractivity contribution in [3.63, 3.8) is 0 Å². The fourth-order valence-electron chi connectivity index (χ4n) is 2.39. The number of hydrogen-bond donors (Lipinski definition) is 0. The SMILES string of the molecule is CCN(CC)C(=O)C(C#N)=Cc1ccc2c(c1)C=NCC2. The highest BCUT2D eigenvalue weighted by Crippen LogP contribution is 2.17. The summed E-state index contributed by atoms with van der Waals surface area (Å²) in [4.78, 5) is 18.1. The first kappa shape index (κ1) is 15.0. The largest absolute Gasteiger partial charge is 0.339 e. The molecule has 0 spiro atoms. The zero-order chi connectivity index (χ0) is 15.2. The van der Waals surface area contributed by atoms with E-state index in [1.54, 1.807) is 11.0 Å². The van der Waals surface area contributed by atoms with E-state index in [0.717, 1.165) is 24.1 Å². The third-order valence-electron chi connectivity index (χ3n) is 3.62. The van der Waals surface area contributed by atoms with E-state index in [1.807, 2.05) is 44.3 Å². The van der Waals surface area contributed by atoms with Crippen LogP contribution in [0.2, 0.25) is 0 Å². The van der Waals surface area contributed by atoms with Crippen LogP contribution in [0.1, 0.15) is 30.5 Å². The van der Waals surface area contributed by atoms with Gasteiger partial charge in [-0.1, -0.05) is 12.1 Å². The molecule has 0 N–H and O–H groups in total. The Hall–Kier alpha value is -2.41. The van der Waals surface area contributed by atoms with Crippen LogP contribution in [0, 0.1) is 11.3 Å². The number of rotatable bonds is 4. The Balaban J connectivity index is 2.31. The maximum Gasteiger partial charge on any atom is 0.264 e. The first-order valence-electron chi connectivity index (χ1n) is 7.23. The summed E-state index contributed by atoms with van der Waals surface area (Å²) in [5, 5.41) is 9.24. The predicted octanol–water partition coefficient (Wildman–Crippen LogP) is 2.44. The first-order chi connectivity index (χ1) is 10.2. The van der Waals surface area contributed by atoms with Crippen molar-refractivity contribution in [1.82, 2.24) is 4.90 Å². The number of hydrogen-bond acceptors (Lipinski definition) is 3. The van der Waals surface area contributed by atoms with Gasteiger partial charge >= 0.3 is 0 Å². The van der Waals surface area contributed by atoms with E-state index >= 15 is 0 Å². The number of nitriles is 1. The first-order valence-corrected chi connectivity index (χ1v) is 7.23. The quantitative estimate of drug-likeness (QED) is 0.628. The van der Waals surface area contributed by atoms with Crippen LogP contribution >= 0.6 is 0 Å². The van der Waals surface area contributed by atoms with E-state index in [9.17, 15) is 10.1 Å². The van der Waals surface area contributed by atoms with Gasteiger partial charge in [-0.15, -0.1) is 0 Å². The summed E-state index contributed by atoms with van der Waals surface area (Å²) in [6, 6.07) is 7.99. The average Bonchev–Trinajstić information content (AvgIpc) is 2.53. The van der Waals surface area contributed by atoms with Gasteiger partial charge < -0.3 is 4.90 Å². The molecule has 21 heavy (non-hydrogen) atoms. The van der Waals surface area contributed by atoms with Crippen molar-refractivity contribution < 1.29 is 4.79 Å². The van der Waals surface area contributed by atoms with Gasteiger partial charge in [-0.05, 0) is 49.1 Å². The summed E-state index contributed by atoms with van der Waals surface area (Å²) in [5.41, 5.74) is 3.36. The monoisotopic (exact) mass is 281 g/mol. The molecule has 1 heterocycles. The van der Waals surface area contributed by atoms with Gasteiger partial charge in [0, 0.05) is 25.8 Å². The van der Waals surface area contributed by atoms with E-state index < -0.39 is 0 Å². The Kier molecular flexibility index (Phi) is 4.89. The summed E-state index contributed by atoms with van der Waals surface area (Å²) in [5.74, 6) is -0.214. The second-order valence-electron chi connectivity index (χ2n) is 4.89. The van der Waals surface area contributed by atoms with Crippen LogP contribution in [0.25, 0.3) is 6.08 Å². The van der Waals surface area contributed by atoms with Crippen LogP contribution < -0.4 is 0 Å². The van der Waals surface area contributed by atoms with Crippen LogP contribution in [0.15, 0.2) is 28.8 Å². The molecule has 1 aromatic rings. The number of likely N-dealkylation sites (N-methyl/N-ethyl adjacent to an activating group) is 1. The molecule has 0 radical (unpaired) electrons. The lowest BCUT2D eigenvalue weighted by molar-refractivity contribution is -0.126. The molecule has 4 nitrogen and oxygen atoms in total. The second kappa shape index (κ2) is 6.85. The number of fused-ring (bicyclic) bond motifs is 1. The summed E-state index contributed by atoms with van der Waals surface area (Å²) in [7, 11) is 0. The molecule has 1 aromatic carbocycles. The van der Waals surface area contributed by atoms with Gasteiger partial charge in [-0.25, -0.2) is 0 Å². The van der Waals surface area contributed by atoms with E-state index in [4.69, 9.17) is 0 Å². The maximum atomic E-state index is 12.2. The molecule has 0 fully saturated rings. The van der Waals surface area contributed by atoms with E-state index in [-0.39, 0.29) is 11.5 Å². The van der Waals surface area contributed by atoms with Crippen molar-refractivity contribution in [2.75, 3.05) is 19.6 Å². The minimum atomic E-state index is -0.214. The Bertz CT molecular complexity index is 634. The standard InChI is InChI=1S/C17H19N3O/c1-3-20(4-2)17(21)15(11-18)9-13-5-6-14-7-8-19-12-16(14)10-13/h5-6,9-10,12H,3-4,7-8H2,1-2H3. The molecule has 1 aliphatic rings. The highest BCUT2D eigenvalue weighted by Gasteiger charge is 2.15. The molecule has 1 aliphatic heterocycles. The van der Waals surface area contributed by atoms with Crippen molar-refractivity contribution in [2.24, 2.45) is 4.99 Å². The van der Waals surface area contributed by atoms with Gasteiger partial charge in [-0.2, -0.15) is 5.26 Å². The number of aliphatic imine (C=N–C) groups is 1. The van der Waals surface area contributed by atoms with Crippen molar-refractivity contribution in [3.05, 3.63) is 40.5 Å². The maximum absolute atomic E-state index is 12.2. The lowest BCUT2D eigenvalue weighted by Crippen LogP contribution is -2.31. The fourth-order valence-corrected chi connectivity index (χ4v) is 2.39. The predicted molar refractivity (Wildman–Crippen MR) is 84.1 cm³/mol. The van der Waals surface area contributed by atoms with Gasteiger partial charge in [0.1, 0.15) is 11.6 Å². The Morgan fingerprint density at radius 1 is 1.43 bits per heavy atom. The number of carbonyl (C=O) groups is 1. The van der Waals surface area contributed by atoms with E-state index in [1.165, 1.54) is 5.56 Å². The summed E-state index contributed by atoms with van der Waals surface area (Å²) in [6.45, 7) is 5.85.